The Bertz CT molecular complexity index is 486. The summed E-state index contributed by atoms with van der Waals surface area (Å²) in [6, 6.07) is 19.1. The van der Waals surface area contributed by atoms with Gasteiger partial charge in [-0.25, -0.2) is 0 Å². The molecule has 16 heavy (non-hydrogen) atoms. The molecule has 0 aliphatic rings. The van der Waals surface area contributed by atoms with Gasteiger partial charge < -0.3 is 0 Å². The maximum Gasteiger partial charge on any atom is 0.00882 e. The van der Waals surface area contributed by atoms with E-state index in [0.29, 0.717) is 0 Å². The van der Waals surface area contributed by atoms with E-state index >= 15 is 0 Å². The molecular weight excluding hydrogens is 212 g/mol. The lowest BCUT2D eigenvalue weighted by Crippen LogP contribution is -1.86. The van der Waals surface area contributed by atoms with Crippen molar-refractivity contribution in [3.8, 4) is 0 Å². The first kappa shape index (κ1) is 11.2. The number of hydrogen-bond acceptors (Lipinski definition) is 0. The molecule has 2 rings (SSSR count). The Hall–Kier alpha value is -1.34. The quantitative estimate of drug-likeness (QED) is 0.684. The molecule has 0 saturated heterocycles. The highest BCUT2D eigenvalue weighted by molar-refractivity contribution is 8.14. The predicted octanol–water partition coefficient (Wildman–Crippen LogP) is 4.37. The van der Waals surface area contributed by atoms with Crippen LogP contribution in [-0.2, 0) is 6.42 Å². The highest BCUT2D eigenvalue weighted by Crippen LogP contribution is 2.35. The molecule has 2 aromatic carbocycles. The first-order chi connectivity index (χ1) is 7.83. The van der Waals surface area contributed by atoms with E-state index in [4.69, 9.17) is 0 Å². The van der Waals surface area contributed by atoms with Crippen LogP contribution in [0.3, 0.4) is 0 Å². The second-order valence-corrected chi connectivity index (χ2v) is 5.36. The van der Waals surface area contributed by atoms with Crippen molar-refractivity contribution in [3.63, 3.8) is 0 Å². The van der Waals surface area contributed by atoms with Crippen molar-refractivity contribution >= 4 is 16.4 Å². The van der Waals surface area contributed by atoms with Crippen LogP contribution < -0.4 is 0 Å². The molecule has 0 spiro atoms. The second-order valence-electron chi connectivity index (χ2n) is 3.67. The standard InChI is InChI=1S/C15H16S/c1-3-13-9-7-8-12-15(13)16(2)14-10-5-4-6-11-14/h4-12H,2-3H2,1H3. The molecular formula is C15H16S. The Morgan fingerprint density at radius 1 is 0.938 bits per heavy atom. The molecule has 0 amide bonds. The summed E-state index contributed by atoms with van der Waals surface area (Å²) >= 11 is 0. The van der Waals surface area contributed by atoms with Gasteiger partial charge in [-0.15, -0.1) is 10.5 Å². The first-order valence-corrected chi connectivity index (χ1v) is 6.89. The highest BCUT2D eigenvalue weighted by Gasteiger charge is 2.04. The van der Waals surface area contributed by atoms with Gasteiger partial charge in [0.05, 0.1) is 0 Å². The molecule has 1 atom stereocenters. The average Bonchev–Trinajstić information content (AvgIpc) is 2.39. The van der Waals surface area contributed by atoms with E-state index in [1.165, 1.54) is 15.4 Å². The highest BCUT2D eigenvalue weighted by atomic mass is 32.2. The zero-order valence-electron chi connectivity index (χ0n) is 9.52. The maximum atomic E-state index is 4.31. The van der Waals surface area contributed by atoms with Crippen molar-refractivity contribution < 1.29 is 0 Å². The van der Waals surface area contributed by atoms with Gasteiger partial charge in [0.1, 0.15) is 0 Å². The molecule has 2 aromatic rings. The smallest absolute Gasteiger partial charge is 0.00882 e. The van der Waals surface area contributed by atoms with Gasteiger partial charge in [0.15, 0.2) is 0 Å². The molecule has 1 unspecified atom stereocenters. The van der Waals surface area contributed by atoms with Crippen molar-refractivity contribution in [2.24, 2.45) is 0 Å². The molecule has 0 aliphatic carbocycles. The maximum absolute atomic E-state index is 4.31. The molecule has 1 heteroatoms. The lowest BCUT2D eigenvalue weighted by atomic mass is 10.2. The van der Waals surface area contributed by atoms with Crippen LogP contribution in [0.15, 0.2) is 64.4 Å². The summed E-state index contributed by atoms with van der Waals surface area (Å²) in [7, 11) is -0.0582. The molecule has 0 radical (unpaired) electrons. The van der Waals surface area contributed by atoms with Crippen LogP contribution in [0.5, 0.6) is 0 Å². The summed E-state index contributed by atoms with van der Waals surface area (Å²) in [4.78, 5) is 2.68. The van der Waals surface area contributed by atoms with Gasteiger partial charge in [-0.2, -0.15) is 0 Å². The van der Waals surface area contributed by atoms with E-state index in [9.17, 15) is 0 Å². The van der Waals surface area contributed by atoms with E-state index < -0.39 is 0 Å². The zero-order valence-corrected chi connectivity index (χ0v) is 10.3. The summed E-state index contributed by atoms with van der Waals surface area (Å²) in [5.41, 5.74) is 1.41. The zero-order chi connectivity index (χ0) is 11.4. The number of hydrogen-bond donors (Lipinski definition) is 0. The Labute approximate surface area is 99.9 Å². The summed E-state index contributed by atoms with van der Waals surface area (Å²) in [5, 5.41) is 0. The molecule has 82 valence electrons. The van der Waals surface area contributed by atoms with Crippen molar-refractivity contribution in [3.05, 3.63) is 60.2 Å². The van der Waals surface area contributed by atoms with Crippen molar-refractivity contribution in [1.29, 1.82) is 0 Å². The monoisotopic (exact) mass is 228 g/mol. The van der Waals surface area contributed by atoms with Crippen molar-refractivity contribution in [2.75, 3.05) is 0 Å². The minimum atomic E-state index is -0.0582. The van der Waals surface area contributed by atoms with Gasteiger partial charge in [-0.1, -0.05) is 49.2 Å². The van der Waals surface area contributed by atoms with Crippen LogP contribution >= 0.6 is 10.5 Å². The molecule has 0 saturated carbocycles. The van der Waals surface area contributed by atoms with E-state index in [0.717, 1.165) is 6.42 Å². The topological polar surface area (TPSA) is 0 Å². The van der Waals surface area contributed by atoms with E-state index in [-0.39, 0.29) is 10.5 Å². The third-order valence-electron chi connectivity index (χ3n) is 2.65. The third-order valence-corrected chi connectivity index (χ3v) is 4.42. The summed E-state index contributed by atoms with van der Waals surface area (Å²) in [5.74, 6) is 4.31. The van der Waals surface area contributed by atoms with Crippen LogP contribution in [0.2, 0.25) is 0 Å². The second kappa shape index (κ2) is 5.13. The van der Waals surface area contributed by atoms with Gasteiger partial charge in [0, 0.05) is 9.79 Å². The van der Waals surface area contributed by atoms with Crippen LogP contribution in [0.4, 0.5) is 0 Å². The van der Waals surface area contributed by atoms with Crippen LogP contribution in [0.1, 0.15) is 12.5 Å². The largest absolute Gasteiger partial charge is 0.130 e. The third kappa shape index (κ3) is 2.25. The van der Waals surface area contributed by atoms with Crippen LogP contribution in [0, 0.1) is 0 Å². The van der Waals surface area contributed by atoms with E-state index in [1.54, 1.807) is 0 Å². The van der Waals surface area contributed by atoms with Gasteiger partial charge in [-0.3, -0.25) is 0 Å². The lowest BCUT2D eigenvalue weighted by molar-refractivity contribution is 1.08. The molecule has 0 bridgehead atoms. The number of benzene rings is 2. The minimum Gasteiger partial charge on any atom is -0.130 e. The van der Waals surface area contributed by atoms with Crippen LogP contribution in [-0.4, -0.2) is 5.87 Å². The first-order valence-electron chi connectivity index (χ1n) is 5.50. The summed E-state index contributed by atoms with van der Waals surface area (Å²) < 4.78 is 0. The predicted molar refractivity (Wildman–Crippen MR) is 73.5 cm³/mol. The van der Waals surface area contributed by atoms with Gasteiger partial charge in [-0.05, 0) is 30.2 Å². The summed E-state index contributed by atoms with van der Waals surface area (Å²) in [6.07, 6.45) is 1.07. The minimum absolute atomic E-state index is 0.0582. The molecule has 0 heterocycles. The lowest BCUT2D eigenvalue weighted by Gasteiger charge is -2.12. The van der Waals surface area contributed by atoms with Crippen molar-refractivity contribution in [1.82, 2.24) is 0 Å². The normalized spacial score (nSPS) is 12.3. The van der Waals surface area contributed by atoms with Gasteiger partial charge in [0.25, 0.3) is 0 Å². The van der Waals surface area contributed by atoms with Crippen LogP contribution in [0.25, 0.3) is 0 Å². The molecule has 0 aromatic heterocycles. The molecule has 0 nitrogen and oxygen atoms in total. The fourth-order valence-electron chi connectivity index (χ4n) is 1.75. The summed E-state index contributed by atoms with van der Waals surface area (Å²) in [6.45, 7) is 2.20. The molecule has 0 aliphatic heterocycles. The molecule has 0 fully saturated rings. The van der Waals surface area contributed by atoms with Crippen molar-refractivity contribution in [2.45, 2.75) is 23.1 Å². The average molecular weight is 228 g/mol. The number of rotatable bonds is 3. The van der Waals surface area contributed by atoms with Gasteiger partial charge >= 0.3 is 0 Å². The Balaban J connectivity index is 2.42. The number of aryl methyl sites for hydroxylation is 1. The SMILES string of the molecule is C=S(c1ccccc1)c1ccccc1CC. The fraction of sp³-hybridized carbons (Fsp3) is 0.133. The van der Waals surface area contributed by atoms with Gasteiger partial charge in [0.2, 0.25) is 0 Å². The molecule has 0 N–H and O–H groups in total. The van der Waals surface area contributed by atoms with E-state index in [2.05, 4.69) is 61.3 Å². The Morgan fingerprint density at radius 3 is 2.25 bits per heavy atom. The Morgan fingerprint density at radius 2 is 1.56 bits per heavy atom. The Kier molecular flexibility index (Phi) is 3.58. The fourth-order valence-corrected chi connectivity index (χ4v) is 3.26. The van der Waals surface area contributed by atoms with E-state index in [1.807, 2.05) is 6.07 Å².